The Hall–Kier alpha value is -2.25. The lowest BCUT2D eigenvalue weighted by Gasteiger charge is -2.31. The third kappa shape index (κ3) is 4.13. The molecule has 6 nitrogen and oxygen atoms in total. The molecule has 5 rings (SSSR count). The number of allylic oxidation sites excluding steroid dienone is 2. The molecule has 3 aliphatic rings. The summed E-state index contributed by atoms with van der Waals surface area (Å²) in [5, 5.41) is 2.14. The molecule has 1 fully saturated rings. The fraction of sp³-hybridized carbons (Fsp3) is 0.542. The van der Waals surface area contributed by atoms with Crippen molar-refractivity contribution in [2.45, 2.75) is 64.6 Å². The van der Waals surface area contributed by atoms with Crippen LogP contribution in [-0.2, 0) is 24.3 Å². The first-order valence-corrected chi connectivity index (χ1v) is 12.3. The van der Waals surface area contributed by atoms with Gasteiger partial charge in [-0.1, -0.05) is 12.2 Å². The zero-order chi connectivity index (χ0) is 21.4. The van der Waals surface area contributed by atoms with Gasteiger partial charge in [0.25, 0.3) is 5.56 Å². The number of thiophene rings is 1. The summed E-state index contributed by atoms with van der Waals surface area (Å²) in [4.78, 5) is 39.8. The van der Waals surface area contributed by atoms with Crippen LogP contribution in [-0.4, -0.2) is 38.8 Å². The molecule has 164 valence electrons. The van der Waals surface area contributed by atoms with E-state index < -0.39 is 0 Å². The highest BCUT2D eigenvalue weighted by molar-refractivity contribution is 7.10. The molecule has 0 bridgehead atoms. The van der Waals surface area contributed by atoms with Crippen LogP contribution in [0, 0.1) is 12.8 Å². The molecular formula is C24H30N4O2S. The summed E-state index contributed by atoms with van der Waals surface area (Å²) in [6.45, 7) is 5.37. The van der Waals surface area contributed by atoms with Gasteiger partial charge in [0.1, 0.15) is 5.82 Å². The Morgan fingerprint density at radius 3 is 2.97 bits per heavy atom. The van der Waals surface area contributed by atoms with Gasteiger partial charge in [-0.2, -0.15) is 0 Å². The Kier molecular flexibility index (Phi) is 5.80. The van der Waals surface area contributed by atoms with Crippen LogP contribution >= 0.6 is 11.3 Å². The number of aromatic amines is 1. The van der Waals surface area contributed by atoms with E-state index in [-0.39, 0.29) is 23.4 Å². The second kappa shape index (κ2) is 8.71. The van der Waals surface area contributed by atoms with Crippen LogP contribution in [0.1, 0.15) is 65.7 Å². The standard InChI is InChI=1S/C24H30N4O2S/c1-16-10-13-31-21(16)15-27-12-9-18-19(14-27)25-22(26-23(18)29)20-8-5-11-28(20)24(30)17-6-3-2-4-7-17/h2-3,10,13,17,20H,4-9,11-12,14-15H2,1H3,(H,25,26,29). The minimum absolute atomic E-state index is 0.0214. The lowest BCUT2D eigenvalue weighted by atomic mass is 9.93. The quantitative estimate of drug-likeness (QED) is 0.739. The van der Waals surface area contributed by atoms with Gasteiger partial charge in [-0.05, 0) is 62.5 Å². The van der Waals surface area contributed by atoms with Crippen LogP contribution in [0.25, 0.3) is 0 Å². The summed E-state index contributed by atoms with van der Waals surface area (Å²) < 4.78 is 0. The van der Waals surface area contributed by atoms with Gasteiger partial charge in [-0.3, -0.25) is 14.5 Å². The SMILES string of the molecule is Cc1ccsc1CN1CCc2c(nc(C3CCCN3C(=O)C3CC=CCC3)[nH]c2=O)C1. The Morgan fingerprint density at radius 2 is 2.19 bits per heavy atom. The van der Waals surface area contributed by atoms with Crippen LogP contribution in [0.4, 0.5) is 0 Å². The van der Waals surface area contributed by atoms with Crippen molar-refractivity contribution in [3.05, 3.63) is 61.5 Å². The molecule has 0 saturated carbocycles. The van der Waals surface area contributed by atoms with E-state index in [2.05, 4.69) is 40.4 Å². The van der Waals surface area contributed by atoms with E-state index in [4.69, 9.17) is 4.98 Å². The highest BCUT2D eigenvalue weighted by Crippen LogP contribution is 2.33. The lowest BCUT2D eigenvalue weighted by molar-refractivity contribution is -0.136. The topological polar surface area (TPSA) is 69.3 Å². The fourth-order valence-corrected chi connectivity index (χ4v) is 6.09. The second-order valence-corrected chi connectivity index (χ2v) is 10.0. The molecule has 1 amide bonds. The summed E-state index contributed by atoms with van der Waals surface area (Å²) in [5.74, 6) is 0.969. The maximum atomic E-state index is 13.2. The normalized spacial score (nSPS) is 23.8. The Balaban J connectivity index is 1.37. The number of amides is 1. The number of hydrogen-bond donors (Lipinski definition) is 1. The summed E-state index contributed by atoms with van der Waals surface area (Å²) >= 11 is 1.79. The molecule has 2 atom stereocenters. The average Bonchev–Trinajstić information content (AvgIpc) is 3.43. The molecule has 2 aromatic rings. The summed E-state index contributed by atoms with van der Waals surface area (Å²) in [7, 11) is 0. The third-order valence-corrected chi connectivity index (χ3v) is 7.98. The number of fused-ring (bicyclic) bond motifs is 1. The number of rotatable bonds is 4. The molecule has 2 unspecified atom stereocenters. The van der Waals surface area contributed by atoms with E-state index in [1.165, 1.54) is 10.4 Å². The third-order valence-electron chi connectivity index (χ3n) is 6.98. The molecule has 1 aliphatic carbocycles. The first-order chi connectivity index (χ1) is 15.1. The maximum absolute atomic E-state index is 13.2. The fourth-order valence-electron chi connectivity index (χ4n) is 5.14. The van der Waals surface area contributed by atoms with Gasteiger partial charge in [0.15, 0.2) is 0 Å². The van der Waals surface area contributed by atoms with E-state index in [9.17, 15) is 9.59 Å². The maximum Gasteiger partial charge on any atom is 0.254 e. The predicted octanol–water partition coefficient (Wildman–Crippen LogP) is 3.72. The minimum Gasteiger partial charge on any atom is -0.332 e. The number of carbonyl (C=O) groups excluding carboxylic acids is 1. The zero-order valence-corrected chi connectivity index (χ0v) is 18.9. The highest BCUT2D eigenvalue weighted by atomic mass is 32.1. The number of aryl methyl sites for hydroxylation is 1. The number of nitrogens with zero attached hydrogens (tertiary/aromatic N) is 3. The van der Waals surface area contributed by atoms with Crippen molar-refractivity contribution in [1.82, 2.24) is 19.8 Å². The monoisotopic (exact) mass is 438 g/mol. The number of hydrogen-bond acceptors (Lipinski definition) is 5. The largest absolute Gasteiger partial charge is 0.332 e. The van der Waals surface area contributed by atoms with E-state index in [0.717, 1.165) is 69.4 Å². The van der Waals surface area contributed by atoms with Crippen molar-refractivity contribution in [2.75, 3.05) is 13.1 Å². The highest BCUT2D eigenvalue weighted by Gasteiger charge is 2.36. The Morgan fingerprint density at radius 1 is 1.29 bits per heavy atom. The number of nitrogens with one attached hydrogen (secondary N) is 1. The van der Waals surface area contributed by atoms with Crippen LogP contribution in [0.2, 0.25) is 0 Å². The van der Waals surface area contributed by atoms with E-state index in [0.29, 0.717) is 12.4 Å². The molecule has 31 heavy (non-hydrogen) atoms. The van der Waals surface area contributed by atoms with Crippen LogP contribution < -0.4 is 5.56 Å². The predicted molar refractivity (Wildman–Crippen MR) is 122 cm³/mol. The van der Waals surface area contributed by atoms with Crippen molar-refractivity contribution in [1.29, 1.82) is 0 Å². The number of aromatic nitrogens is 2. The number of carbonyl (C=O) groups is 1. The second-order valence-electron chi connectivity index (χ2n) is 9.03. The van der Waals surface area contributed by atoms with Crippen LogP contribution in [0.15, 0.2) is 28.4 Å². The molecule has 0 spiro atoms. The first-order valence-electron chi connectivity index (χ1n) is 11.4. The molecule has 1 saturated heterocycles. The molecule has 4 heterocycles. The minimum atomic E-state index is -0.105. The first kappa shape index (κ1) is 20.6. The van der Waals surface area contributed by atoms with Crippen LogP contribution in [0.3, 0.4) is 0 Å². The van der Waals surface area contributed by atoms with Crippen LogP contribution in [0.5, 0.6) is 0 Å². The van der Waals surface area contributed by atoms with Gasteiger partial charge in [0.2, 0.25) is 5.91 Å². The smallest absolute Gasteiger partial charge is 0.254 e. The van der Waals surface area contributed by atoms with Gasteiger partial charge in [0, 0.05) is 42.5 Å². The molecule has 0 aromatic carbocycles. The van der Waals surface area contributed by atoms with Gasteiger partial charge >= 0.3 is 0 Å². The van der Waals surface area contributed by atoms with E-state index >= 15 is 0 Å². The molecule has 2 aliphatic heterocycles. The summed E-state index contributed by atoms with van der Waals surface area (Å²) in [5.41, 5.74) is 3.01. The Labute approximate surface area is 187 Å². The van der Waals surface area contributed by atoms with Crippen molar-refractivity contribution in [2.24, 2.45) is 5.92 Å². The lowest BCUT2D eigenvalue weighted by Crippen LogP contribution is -2.39. The number of likely N-dealkylation sites (tertiary alicyclic amines) is 1. The van der Waals surface area contributed by atoms with Gasteiger partial charge < -0.3 is 9.88 Å². The van der Waals surface area contributed by atoms with Gasteiger partial charge in [-0.15, -0.1) is 11.3 Å². The molecule has 0 radical (unpaired) electrons. The summed E-state index contributed by atoms with van der Waals surface area (Å²) in [6.07, 6.45) is 9.57. The van der Waals surface area contributed by atoms with Crippen molar-refractivity contribution >= 4 is 17.2 Å². The van der Waals surface area contributed by atoms with E-state index in [1.54, 1.807) is 11.3 Å². The summed E-state index contributed by atoms with van der Waals surface area (Å²) in [6, 6.07) is 2.05. The average molecular weight is 439 g/mol. The molecule has 2 aromatic heterocycles. The van der Waals surface area contributed by atoms with E-state index in [1.807, 2.05) is 4.90 Å². The molecule has 7 heteroatoms. The Bertz CT molecular complexity index is 1060. The molecular weight excluding hydrogens is 408 g/mol. The van der Waals surface area contributed by atoms with Crippen molar-refractivity contribution in [3.8, 4) is 0 Å². The van der Waals surface area contributed by atoms with Gasteiger partial charge in [0.05, 0.1) is 11.7 Å². The van der Waals surface area contributed by atoms with Crippen molar-refractivity contribution in [3.63, 3.8) is 0 Å². The number of H-pyrrole nitrogens is 1. The van der Waals surface area contributed by atoms with Crippen molar-refractivity contribution < 1.29 is 4.79 Å². The molecule has 1 N–H and O–H groups in total. The van der Waals surface area contributed by atoms with Gasteiger partial charge in [-0.25, -0.2) is 4.98 Å². The zero-order valence-electron chi connectivity index (χ0n) is 18.1.